The number of hydrogen-bond acceptors (Lipinski definition) is 7. The van der Waals surface area contributed by atoms with Crippen molar-refractivity contribution < 1.29 is 22.7 Å². The number of amides is 1. The van der Waals surface area contributed by atoms with E-state index in [1.165, 1.54) is 13.8 Å². The second-order valence-corrected chi connectivity index (χ2v) is 9.81. The predicted octanol–water partition coefficient (Wildman–Crippen LogP) is 1.65. The molecule has 9 nitrogen and oxygen atoms in total. The number of rotatable bonds is 7. The number of sulfone groups is 1. The van der Waals surface area contributed by atoms with E-state index in [0.29, 0.717) is 31.2 Å². The number of anilines is 1. The number of aromatic amines is 1. The first-order valence-electron chi connectivity index (χ1n) is 8.91. The molecule has 1 aromatic carbocycles. The van der Waals surface area contributed by atoms with Crippen LogP contribution in [-0.2, 0) is 19.4 Å². The second-order valence-electron chi connectivity index (χ2n) is 7.23. The Bertz CT molecular complexity index is 931. The summed E-state index contributed by atoms with van der Waals surface area (Å²) in [6, 6.07) is 7.14. The smallest absolute Gasteiger partial charge is 0.247 e. The van der Waals surface area contributed by atoms with Crippen LogP contribution in [0.15, 0.2) is 24.3 Å². The van der Waals surface area contributed by atoms with Gasteiger partial charge in [0.25, 0.3) is 0 Å². The number of carbonyl (C=O) groups excluding carboxylic acids is 1. The minimum absolute atomic E-state index is 0.0796. The van der Waals surface area contributed by atoms with E-state index in [-0.39, 0.29) is 17.6 Å². The van der Waals surface area contributed by atoms with Gasteiger partial charge in [0.05, 0.1) is 19.5 Å². The number of nitrogens with zero attached hydrogens (tertiary/aromatic N) is 2. The highest BCUT2D eigenvalue weighted by Crippen LogP contribution is 2.25. The van der Waals surface area contributed by atoms with Crippen molar-refractivity contribution in [2.24, 2.45) is 5.92 Å². The summed E-state index contributed by atoms with van der Waals surface area (Å²) in [6.07, 6.45) is 0.685. The highest BCUT2D eigenvalue weighted by Gasteiger charge is 2.43. The first kappa shape index (κ1) is 20.3. The standard InChI is InChI=1S/C18H24N4O5S/c1-18(2,28(24,25)11-12-8-9-27-10-12)16(23)20-17-19-15(21-22-17)13-4-6-14(26-3)7-5-13/h4-7,12H,8-11H2,1-3H3,(H2,19,20,21,22,23)/t12-/m1/s1. The Labute approximate surface area is 163 Å². The van der Waals surface area contributed by atoms with Crippen molar-refractivity contribution in [2.75, 3.05) is 31.4 Å². The molecular formula is C18H24N4O5S. The Morgan fingerprint density at radius 1 is 1.32 bits per heavy atom. The molecule has 1 saturated heterocycles. The Hall–Kier alpha value is -2.46. The lowest BCUT2D eigenvalue weighted by Crippen LogP contribution is -2.46. The number of nitrogens with one attached hydrogen (secondary N) is 2. The molecule has 152 valence electrons. The SMILES string of the molecule is COc1ccc(-c2nnc(NC(=O)C(C)(C)S(=O)(=O)C[C@@H]3CCOC3)[nH]2)cc1. The Balaban J connectivity index is 1.70. The number of H-pyrrole nitrogens is 1. The van der Waals surface area contributed by atoms with Crippen molar-refractivity contribution in [1.82, 2.24) is 15.2 Å². The van der Waals surface area contributed by atoms with Gasteiger partial charge in [-0.2, -0.15) is 0 Å². The zero-order valence-corrected chi connectivity index (χ0v) is 16.9. The second kappa shape index (κ2) is 7.88. The van der Waals surface area contributed by atoms with Gasteiger partial charge in [-0.25, -0.2) is 8.42 Å². The van der Waals surface area contributed by atoms with Crippen LogP contribution in [0, 0.1) is 5.92 Å². The summed E-state index contributed by atoms with van der Waals surface area (Å²) in [7, 11) is -2.11. The van der Waals surface area contributed by atoms with Gasteiger partial charge in [0.15, 0.2) is 15.7 Å². The van der Waals surface area contributed by atoms with Crippen molar-refractivity contribution in [2.45, 2.75) is 25.0 Å². The van der Waals surface area contributed by atoms with Gasteiger partial charge in [0.2, 0.25) is 11.9 Å². The molecule has 1 fully saturated rings. The summed E-state index contributed by atoms with van der Waals surface area (Å²) in [6.45, 7) is 3.76. The van der Waals surface area contributed by atoms with Crippen LogP contribution in [0.3, 0.4) is 0 Å². The minimum Gasteiger partial charge on any atom is -0.497 e. The number of hydrogen-bond donors (Lipinski definition) is 2. The fourth-order valence-electron chi connectivity index (χ4n) is 2.83. The number of benzene rings is 1. The van der Waals surface area contributed by atoms with Crippen LogP contribution < -0.4 is 10.1 Å². The predicted molar refractivity (Wildman–Crippen MR) is 104 cm³/mol. The van der Waals surface area contributed by atoms with E-state index in [1.807, 2.05) is 0 Å². The van der Waals surface area contributed by atoms with Crippen molar-refractivity contribution in [3.8, 4) is 17.1 Å². The molecule has 2 aromatic rings. The van der Waals surface area contributed by atoms with E-state index < -0.39 is 20.5 Å². The Kier molecular flexibility index (Phi) is 5.71. The third-order valence-electron chi connectivity index (χ3n) is 4.89. The van der Waals surface area contributed by atoms with Gasteiger partial charge >= 0.3 is 0 Å². The Morgan fingerprint density at radius 3 is 2.64 bits per heavy atom. The highest BCUT2D eigenvalue weighted by atomic mass is 32.2. The molecule has 0 unspecified atom stereocenters. The van der Waals surface area contributed by atoms with Crippen molar-refractivity contribution in [3.63, 3.8) is 0 Å². The summed E-state index contributed by atoms with van der Waals surface area (Å²) >= 11 is 0. The lowest BCUT2D eigenvalue weighted by Gasteiger charge is -2.24. The Morgan fingerprint density at radius 2 is 2.04 bits per heavy atom. The molecule has 28 heavy (non-hydrogen) atoms. The maximum Gasteiger partial charge on any atom is 0.247 e. The van der Waals surface area contributed by atoms with E-state index in [4.69, 9.17) is 9.47 Å². The molecule has 3 rings (SSSR count). The molecule has 1 amide bonds. The fraction of sp³-hybridized carbons (Fsp3) is 0.500. The molecule has 2 N–H and O–H groups in total. The largest absolute Gasteiger partial charge is 0.497 e. The molecule has 1 aliphatic rings. The lowest BCUT2D eigenvalue weighted by molar-refractivity contribution is -0.117. The molecule has 2 heterocycles. The summed E-state index contributed by atoms with van der Waals surface area (Å²) < 4.78 is 34.2. The summed E-state index contributed by atoms with van der Waals surface area (Å²) in [5, 5.41) is 10.4. The van der Waals surface area contributed by atoms with Crippen LogP contribution in [0.2, 0.25) is 0 Å². The number of methoxy groups -OCH3 is 1. The van der Waals surface area contributed by atoms with Crippen molar-refractivity contribution in [1.29, 1.82) is 0 Å². The van der Waals surface area contributed by atoms with E-state index in [0.717, 1.165) is 5.56 Å². The number of aromatic nitrogens is 3. The van der Waals surface area contributed by atoms with Crippen LogP contribution in [0.5, 0.6) is 5.75 Å². The van der Waals surface area contributed by atoms with E-state index in [2.05, 4.69) is 20.5 Å². The molecule has 1 aromatic heterocycles. The van der Waals surface area contributed by atoms with Gasteiger partial charge in [-0.05, 0) is 50.5 Å². The minimum atomic E-state index is -3.68. The average Bonchev–Trinajstić information content (AvgIpc) is 3.33. The van der Waals surface area contributed by atoms with E-state index in [1.54, 1.807) is 31.4 Å². The van der Waals surface area contributed by atoms with E-state index >= 15 is 0 Å². The summed E-state index contributed by atoms with van der Waals surface area (Å²) in [4.78, 5) is 15.5. The maximum absolute atomic E-state index is 12.8. The number of carbonyl (C=O) groups is 1. The normalized spacial score (nSPS) is 17.5. The molecule has 0 spiro atoms. The van der Waals surface area contributed by atoms with Crippen LogP contribution in [0.25, 0.3) is 11.4 Å². The average molecular weight is 408 g/mol. The quantitative estimate of drug-likeness (QED) is 0.714. The van der Waals surface area contributed by atoms with Gasteiger partial charge in [0.1, 0.15) is 10.5 Å². The van der Waals surface area contributed by atoms with Gasteiger partial charge < -0.3 is 14.5 Å². The number of ether oxygens (including phenoxy) is 2. The maximum atomic E-state index is 12.8. The van der Waals surface area contributed by atoms with Crippen LogP contribution in [-0.4, -0.2) is 60.3 Å². The van der Waals surface area contributed by atoms with Gasteiger partial charge in [-0.1, -0.05) is 0 Å². The summed E-state index contributed by atoms with van der Waals surface area (Å²) in [5.74, 6) is 0.412. The highest BCUT2D eigenvalue weighted by molar-refractivity contribution is 7.93. The zero-order valence-electron chi connectivity index (χ0n) is 16.1. The van der Waals surface area contributed by atoms with Crippen LogP contribution in [0.4, 0.5) is 5.95 Å². The zero-order chi connectivity index (χ0) is 20.4. The van der Waals surface area contributed by atoms with Gasteiger partial charge in [-0.15, -0.1) is 10.2 Å². The van der Waals surface area contributed by atoms with Gasteiger partial charge in [-0.3, -0.25) is 10.1 Å². The first-order chi connectivity index (χ1) is 13.2. The van der Waals surface area contributed by atoms with E-state index in [9.17, 15) is 13.2 Å². The van der Waals surface area contributed by atoms with Crippen molar-refractivity contribution in [3.05, 3.63) is 24.3 Å². The lowest BCUT2D eigenvalue weighted by atomic mass is 10.2. The first-order valence-corrected chi connectivity index (χ1v) is 10.6. The monoisotopic (exact) mass is 408 g/mol. The van der Waals surface area contributed by atoms with Crippen molar-refractivity contribution >= 4 is 21.7 Å². The fourth-order valence-corrected chi connectivity index (χ4v) is 4.46. The molecule has 1 atom stereocenters. The van der Waals surface area contributed by atoms with Gasteiger partial charge in [0, 0.05) is 12.2 Å². The topological polar surface area (TPSA) is 123 Å². The molecule has 0 aliphatic carbocycles. The molecular weight excluding hydrogens is 384 g/mol. The summed E-state index contributed by atoms with van der Waals surface area (Å²) in [5.41, 5.74) is 0.752. The van der Waals surface area contributed by atoms with Crippen LogP contribution in [0.1, 0.15) is 20.3 Å². The molecule has 0 saturated carbocycles. The van der Waals surface area contributed by atoms with Crippen LogP contribution >= 0.6 is 0 Å². The molecule has 0 bridgehead atoms. The molecule has 0 radical (unpaired) electrons. The third kappa shape index (κ3) is 4.17. The molecule has 1 aliphatic heterocycles. The molecule has 10 heteroatoms. The third-order valence-corrected chi connectivity index (χ3v) is 7.54.